The van der Waals surface area contributed by atoms with Crippen molar-refractivity contribution < 1.29 is 0 Å². The first-order valence-electron chi connectivity index (χ1n) is 9.12. The first kappa shape index (κ1) is 15.8. The van der Waals surface area contributed by atoms with E-state index < -0.39 is 0 Å². The maximum absolute atomic E-state index is 2.46. The lowest BCUT2D eigenvalue weighted by atomic mass is 10.00. The van der Waals surface area contributed by atoms with Gasteiger partial charge in [0.25, 0.3) is 0 Å². The van der Waals surface area contributed by atoms with Crippen molar-refractivity contribution in [1.82, 2.24) is 0 Å². The quantitative estimate of drug-likeness (QED) is 0.750. The lowest BCUT2D eigenvalue weighted by Gasteiger charge is -2.36. The molecule has 0 spiro atoms. The smallest absolute Gasteiger partial charge is 0.0683 e. The highest BCUT2D eigenvalue weighted by Gasteiger charge is 2.22. The summed E-state index contributed by atoms with van der Waals surface area (Å²) < 4.78 is 0. The van der Waals surface area contributed by atoms with Crippen LogP contribution in [0.15, 0.2) is 72.5 Å². The Labute approximate surface area is 150 Å². The largest absolute Gasteiger partial charge is 0.361 e. The minimum absolute atomic E-state index is 0.277. The molecule has 2 heteroatoms. The summed E-state index contributed by atoms with van der Waals surface area (Å²) in [5.41, 5.74) is 6.47. The lowest BCUT2D eigenvalue weighted by Crippen LogP contribution is -2.36. The van der Waals surface area contributed by atoms with Crippen LogP contribution in [0.1, 0.15) is 25.0 Å². The fraction of sp³-hybridized carbons (Fsp3) is 0.217. The molecule has 126 valence electrons. The van der Waals surface area contributed by atoms with Gasteiger partial charge in [0.15, 0.2) is 0 Å². The van der Waals surface area contributed by atoms with Crippen molar-refractivity contribution in [3.05, 3.63) is 83.6 Å². The van der Waals surface area contributed by atoms with Gasteiger partial charge in [0.2, 0.25) is 0 Å². The van der Waals surface area contributed by atoms with Gasteiger partial charge in [-0.1, -0.05) is 54.6 Å². The molecule has 0 aliphatic carbocycles. The van der Waals surface area contributed by atoms with Gasteiger partial charge in [-0.15, -0.1) is 0 Å². The van der Waals surface area contributed by atoms with Crippen LogP contribution in [0.4, 0.5) is 11.4 Å². The van der Waals surface area contributed by atoms with Crippen LogP contribution in [0, 0.1) is 0 Å². The summed E-state index contributed by atoms with van der Waals surface area (Å²) in [6.45, 7) is 6.40. The maximum Gasteiger partial charge on any atom is 0.0683 e. The number of para-hydroxylation sites is 2. The van der Waals surface area contributed by atoms with Crippen LogP contribution in [-0.4, -0.2) is 19.1 Å². The average Bonchev–Trinajstić information content (AvgIpc) is 2.67. The molecule has 0 saturated heterocycles. The van der Waals surface area contributed by atoms with E-state index in [9.17, 15) is 0 Å². The summed E-state index contributed by atoms with van der Waals surface area (Å²) >= 11 is 0. The van der Waals surface area contributed by atoms with Gasteiger partial charge in [-0.2, -0.15) is 0 Å². The van der Waals surface area contributed by atoms with Crippen LogP contribution < -0.4 is 9.80 Å². The number of benzene rings is 2. The molecule has 2 aromatic rings. The predicted octanol–water partition coefficient (Wildman–Crippen LogP) is 5.35. The summed E-state index contributed by atoms with van der Waals surface area (Å²) in [5, 5.41) is 0. The van der Waals surface area contributed by atoms with E-state index in [-0.39, 0.29) is 6.04 Å². The molecule has 2 nitrogen and oxygen atoms in total. The second kappa shape index (κ2) is 6.64. The van der Waals surface area contributed by atoms with Gasteiger partial charge in [0.05, 0.1) is 6.04 Å². The molecule has 4 rings (SSSR count). The SMILES string of the molecule is CCN1/C(=C/C2C=Cc3ccccc3N2CC)C=Cc2ccccc21. The van der Waals surface area contributed by atoms with Crippen LogP contribution in [0.2, 0.25) is 0 Å². The van der Waals surface area contributed by atoms with E-state index in [1.54, 1.807) is 0 Å². The highest BCUT2D eigenvalue weighted by Crippen LogP contribution is 2.33. The first-order chi connectivity index (χ1) is 12.3. The Hall–Kier alpha value is -2.74. The van der Waals surface area contributed by atoms with Crippen LogP contribution in [0.3, 0.4) is 0 Å². The Bertz CT molecular complexity index is 860. The van der Waals surface area contributed by atoms with Crippen molar-refractivity contribution in [1.29, 1.82) is 0 Å². The number of rotatable bonds is 3. The molecule has 25 heavy (non-hydrogen) atoms. The molecule has 2 aliphatic rings. The van der Waals surface area contributed by atoms with E-state index >= 15 is 0 Å². The van der Waals surface area contributed by atoms with Gasteiger partial charge >= 0.3 is 0 Å². The van der Waals surface area contributed by atoms with Crippen molar-refractivity contribution in [2.24, 2.45) is 0 Å². The van der Waals surface area contributed by atoms with Crippen LogP contribution in [0.25, 0.3) is 12.2 Å². The zero-order chi connectivity index (χ0) is 17.2. The van der Waals surface area contributed by atoms with Gasteiger partial charge in [-0.05, 0) is 49.3 Å². The summed E-state index contributed by atoms with van der Waals surface area (Å²) in [6, 6.07) is 17.5. The van der Waals surface area contributed by atoms with E-state index in [2.05, 4.69) is 103 Å². The fourth-order valence-corrected chi connectivity index (χ4v) is 3.84. The molecule has 1 atom stereocenters. The highest BCUT2D eigenvalue weighted by molar-refractivity contribution is 5.77. The Kier molecular flexibility index (Phi) is 4.19. The maximum atomic E-state index is 2.46. The van der Waals surface area contributed by atoms with Gasteiger partial charge < -0.3 is 9.80 Å². The number of hydrogen-bond acceptors (Lipinski definition) is 2. The number of anilines is 2. The van der Waals surface area contributed by atoms with Crippen molar-refractivity contribution in [2.75, 3.05) is 22.9 Å². The lowest BCUT2D eigenvalue weighted by molar-refractivity contribution is 0.795. The van der Waals surface area contributed by atoms with E-state index in [1.165, 1.54) is 28.2 Å². The van der Waals surface area contributed by atoms with E-state index in [0.29, 0.717) is 0 Å². The number of fused-ring (bicyclic) bond motifs is 2. The predicted molar refractivity (Wildman–Crippen MR) is 109 cm³/mol. The molecule has 0 saturated carbocycles. The molecule has 0 bridgehead atoms. The standard InChI is InChI=1S/C23H24N2/c1-3-24-20(15-13-18-9-5-7-11-22(18)24)17-21-16-14-19-10-6-8-12-23(19)25(21)4-2/h5-17,20H,3-4H2,1-2H3/b21-17+. The molecular formula is C23H24N2. The van der Waals surface area contributed by atoms with Crippen molar-refractivity contribution in [3.63, 3.8) is 0 Å². The Balaban J connectivity index is 1.72. The van der Waals surface area contributed by atoms with Gasteiger partial charge in [0.1, 0.15) is 0 Å². The molecular weight excluding hydrogens is 304 g/mol. The molecule has 2 aromatic carbocycles. The zero-order valence-corrected chi connectivity index (χ0v) is 14.9. The van der Waals surface area contributed by atoms with Crippen molar-refractivity contribution in [3.8, 4) is 0 Å². The minimum Gasteiger partial charge on any atom is -0.361 e. The molecule has 2 heterocycles. The van der Waals surface area contributed by atoms with Gasteiger partial charge in [-0.25, -0.2) is 0 Å². The third kappa shape index (κ3) is 2.78. The molecule has 0 radical (unpaired) electrons. The van der Waals surface area contributed by atoms with Crippen molar-refractivity contribution in [2.45, 2.75) is 19.9 Å². The minimum atomic E-state index is 0.277. The molecule has 2 aliphatic heterocycles. The molecule has 0 fully saturated rings. The molecule has 0 aromatic heterocycles. The highest BCUT2D eigenvalue weighted by atomic mass is 15.2. The Morgan fingerprint density at radius 1 is 0.800 bits per heavy atom. The van der Waals surface area contributed by atoms with Crippen LogP contribution >= 0.6 is 0 Å². The number of hydrogen-bond donors (Lipinski definition) is 0. The number of nitrogens with zero attached hydrogens (tertiary/aromatic N) is 2. The monoisotopic (exact) mass is 328 g/mol. The van der Waals surface area contributed by atoms with Crippen LogP contribution in [-0.2, 0) is 0 Å². The third-order valence-corrected chi connectivity index (χ3v) is 5.05. The summed E-state index contributed by atoms with van der Waals surface area (Å²) in [6.07, 6.45) is 11.4. The second-order valence-corrected chi connectivity index (χ2v) is 6.42. The number of likely N-dealkylation sites (N-methyl/N-ethyl adjacent to an activating group) is 2. The second-order valence-electron chi connectivity index (χ2n) is 6.42. The Morgan fingerprint density at radius 2 is 1.48 bits per heavy atom. The first-order valence-corrected chi connectivity index (χ1v) is 9.12. The summed E-state index contributed by atoms with van der Waals surface area (Å²) in [4.78, 5) is 4.86. The van der Waals surface area contributed by atoms with Crippen LogP contribution in [0.5, 0.6) is 0 Å². The van der Waals surface area contributed by atoms with E-state index in [0.717, 1.165) is 13.1 Å². The van der Waals surface area contributed by atoms with Gasteiger partial charge in [-0.3, -0.25) is 0 Å². The topological polar surface area (TPSA) is 6.48 Å². The molecule has 0 N–H and O–H groups in total. The summed E-state index contributed by atoms with van der Waals surface area (Å²) in [7, 11) is 0. The Morgan fingerprint density at radius 3 is 2.20 bits per heavy atom. The molecule has 1 unspecified atom stereocenters. The average molecular weight is 328 g/mol. The summed E-state index contributed by atoms with van der Waals surface area (Å²) in [5.74, 6) is 0. The van der Waals surface area contributed by atoms with E-state index in [1.807, 2.05) is 0 Å². The van der Waals surface area contributed by atoms with E-state index in [4.69, 9.17) is 0 Å². The molecule has 0 amide bonds. The van der Waals surface area contributed by atoms with Gasteiger partial charge in [0, 0.05) is 30.2 Å². The number of allylic oxidation sites excluding steroid dienone is 1. The normalized spacial score (nSPS) is 19.9. The third-order valence-electron chi connectivity index (χ3n) is 5.05. The fourth-order valence-electron chi connectivity index (χ4n) is 3.84. The zero-order valence-electron chi connectivity index (χ0n) is 14.9. The van der Waals surface area contributed by atoms with Crippen molar-refractivity contribution >= 4 is 23.5 Å².